The van der Waals surface area contributed by atoms with Crippen LogP contribution in [0.2, 0.25) is 0 Å². The van der Waals surface area contributed by atoms with Gasteiger partial charge in [0.25, 0.3) is 0 Å². The van der Waals surface area contributed by atoms with Gasteiger partial charge < -0.3 is 10.6 Å². The summed E-state index contributed by atoms with van der Waals surface area (Å²) in [6.45, 7) is 0. The molecule has 0 atom stereocenters. The van der Waals surface area contributed by atoms with Gasteiger partial charge in [0.15, 0.2) is 5.82 Å². The molecule has 0 aliphatic heterocycles. The predicted octanol–water partition coefficient (Wildman–Crippen LogP) is 4.18. The third-order valence-electron chi connectivity index (χ3n) is 3.19. The summed E-state index contributed by atoms with van der Waals surface area (Å²) in [4.78, 5) is 11.8. The summed E-state index contributed by atoms with van der Waals surface area (Å²) in [6.07, 6.45) is 5.28. The van der Waals surface area contributed by atoms with Crippen molar-refractivity contribution in [2.24, 2.45) is 0 Å². The topological polar surface area (TPSA) is 41.1 Å². The number of urea groups is 1. The van der Waals surface area contributed by atoms with Crippen LogP contribution in [0, 0.1) is 11.6 Å². The maximum atomic E-state index is 13.5. The second-order valence-corrected chi connectivity index (χ2v) is 5.53. The van der Waals surface area contributed by atoms with Crippen molar-refractivity contribution < 1.29 is 13.6 Å². The van der Waals surface area contributed by atoms with Gasteiger partial charge in [0.1, 0.15) is 5.82 Å². The Labute approximate surface area is 118 Å². The van der Waals surface area contributed by atoms with Crippen molar-refractivity contribution in [2.45, 2.75) is 38.1 Å². The Hall–Kier alpha value is -1.17. The Kier molecular flexibility index (Phi) is 4.74. The lowest BCUT2D eigenvalue weighted by Crippen LogP contribution is -2.39. The highest BCUT2D eigenvalue weighted by atomic mass is 79.9. The van der Waals surface area contributed by atoms with Crippen molar-refractivity contribution in [1.82, 2.24) is 5.32 Å². The van der Waals surface area contributed by atoms with Gasteiger partial charge in [0.05, 0.1) is 5.69 Å². The van der Waals surface area contributed by atoms with Gasteiger partial charge in [-0.2, -0.15) is 0 Å². The molecule has 1 fully saturated rings. The van der Waals surface area contributed by atoms with Gasteiger partial charge in [-0.3, -0.25) is 0 Å². The van der Waals surface area contributed by atoms with E-state index in [1.165, 1.54) is 6.42 Å². The van der Waals surface area contributed by atoms with E-state index in [1.807, 2.05) is 0 Å². The van der Waals surface area contributed by atoms with Crippen LogP contribution in [0.15, 0.2) is 16.6 Å². The molecule has 0 saturated heterocycles. The summed E-state index contributed by atoms with van der Waals surface area (Å²) in [5, 5.41) is 5.22. The molecule has 1 aliphatic rings. The number of hydrogen-bond acceptors (Lipinski definition) is 1. The Bertz CT molecular complexity index is 453. The normalized spacial score (nSPS) is 16.2. The summed E-state index contributed by atoms with van der Waals surface area (Å²) in [7, 11) is 0. The van der Waals surface area contributed by atoms with E-state index in [2.05, 4.69) is 26.6 Å². The van der Waals surface area contributed by atoms with Gasteiger partial charge in [0.2, 0.25) is 0 Å². The first-order valence-electron chi connectivity index (χ1n) is 6.28. The zero-order valence-corrected chi connectivity index (χ0v) is 11.9. The Morgan fingerprint density at radius 3 is 2.53 bits per heavy atom. The molecule has 0 spiro atoms. The Morgan fingerprint density at radius 1 is 1.21 bits per heavy atom. The van der Waals surface area contributed by atoms with E-state index in [-0.39, 0.29) is 16.2 Å². The number of rotatable bonds is 2. The maximum Gasteiger partial charge on any atom is 0.319 e. The molecular weight excluding hydrogens is 318 g/mol. The molecule has 3 nitrogen and oxygen atoms in total. The van der Waals surface area contributed by atoms with Crippen LogP contribution in [-0.4, -0.2) is 12.1 Å². The standard InChI is InChI=1S/C13H15BrF2N2O/c14-10-6-8(15)7-11(16)12(10)18-13(19)17-9-4-2-1-3-5-9/h6-7,9H,1-5H2,(H2,17,18,19). The van der Waals surface area contributed by atoms with E-state index in [0.29, 0.717) is 0 Å². The highest BCUT2D eigenvalue weighted by Crippen LogP contribution is 2.27. The fraction of sp³-hybridized carbons (Fsp3) is 0.462. The average molecular weight is 333 g/mol. The van der Waals surface area contributed by atoms with Crippen LogP contribution in [0.5, 0.6) is 0 Å². The number of amides is 2. The van der Waals surface area contributed by atoms with Gasteiger partial charge in [-0.15, -0.1) is 0 Å². The van der Waals surface area contributed by atoms with E-state index in [9.17, 15) is 13.6 Å². The van der Waals surface area contributed by atoms with Gasteiger partial charge in [-0.25, -0.2) is 13.6 Å². The van der Waals surface area contributed by atoms with E-state index in [1.54, 1.807) is 0 Å². The summed E-state index contributed by atoms with van der Waals surface area (Å²) in [6, 6.07) is 1.52. The highest BCUT2D eigenvalue weighted by Gasteiger charge is 2.17. The minimum absolute atomic E-state index is 0.0466. The molecule has 2 rings (SSSR count). The molecule has 0 heterocycles. The first kappa shape index (κ1) is 14.2. The van der Waals surface area contributed by atoms with Crippen molar-refractivity contribution in [3.05, 3.63) is 28.2 Å². The number of carbonyl (C=O) groups excluding carboxylic acids is 1. The van der Waals surface area contributed by atoms with Crippen LogP contribution in [-0.2, 0) is 0 Å². The Balaban J connectivity index is 1.98. The highest BCUT2D eigenvalue weighted by molar-refractivity contribution is 9.10. The zero-order chi connectivity index (χ0) is 13.8. The number of anilines is 1. The van der Waals surface area contributed by atoms with E-state index < -0.39 is 17.7 Å². The molecule has 0 bridgehead atoms. The first-order chi connectivity index (χ1) is 9.06. The molecule has 6 heteroatoms. The second-order valence-electron chi connectivity index (χ2n) is 4.68. The molecule has 0 unspecified atom stereocenters. The molecule has 2 N–H and O–H groups in total. The minimum atomic E-state index is -0.800. The molecular formula is C13H15BrF2N2O. The zero-order valence-electron chi connectivity index (χ0n) is 10.3. The first-order valence-corrected chi connectivity index (χ1v) is 7.07. The number of hydrogen-bond donors (Lipinski definition) is 2. The lowest BCUT2D eigenvalue weighted by molar-refractivity contribution is 0.244. The van der Waals surface area contributed by atoms with Crippen LogP contribution >= 0.6 is 15.9 Å². The average Bonchev–Trinajstić information content (AvgIpc) is 2.35. The number of nitrogens with one attached hydrogen (secondary N) is 2. The van der Waals surface area contributed by atoms with E-state index >= 15 is 0 Å². The van der Waals surface area contributed by atoms with Crippen LogP contribution in [0.3, 0.4) is 0 Å². The third-order valence-corrected chi connectivity index (χ3v) is 3.81. The monoisotopic (exact) mass is 332 g/mol. The van der Waals surface area contributed by atoms with Gasteiger partial charge in [-0.05, 0) is 34.8 Å². The molecule has 0 aromatic heterocycles. The van der Waals surface area contributed by atoms with E-state index in [4.69, 9.17) is 0 Å². The number of carbonyl (C=O) groups is 1. The van der Waals surface area contributed by atoms with Crippen LogP contribution < -0.4 is 10.6 Å². The largest absolute Gasteiger partial charge is 0.335 e. The fourth-order valence-corrected chi connectivity index (χ4v) is 2.75. The van der Waals surface area contributed by atoms with E-state index in [0.717, 1.165) is 37.8 Å². The van der Waals surface area contributed by atoms with Crippen molar-refractivity contribution in [3.8, 4) is 0 Å². The van der Waals surface area contributed by atoms with Crippen LogP contribution in [0.25, 0.3) is 0 Å². The quantitative estimate of drug-likeness (QED) is 0.837. The molecule has 2 amide bonds. The van der Waals surface area contributed by atoms with Crippen molar-refractivity contribution in [3.63, 3.8) is 0 Å². The second kappa shape index (κ2) is 6.32. The molecule has 1 aliphatic carbocycles. The summed E-state index contributed by atoms with van der Waals surface area (Å²) in [5.41, 5.74) is -0.0466. The van der Waals surface area contributed by atoms with Crippen molar-refractivity contribution >= 4 is 27.6 Å². The lowest BCUT2D eigenvalue weighted by Gasteiger charge is -2.23. The molecule has 19 heavy (non-hydrogen) atoms. The van der Waals surface area contributed by atoms with Crippen molar-refractivity contribution in [2.75, 3.05) is 5.32 Å². The Morgan fingerprint density at radius 2 is 1.89 bits per heavy atom. The molecule has 1 aromatic carbocycles. The van der Waals surface area contributed by atoms with Gasteiger partial charge in [-0.1, -0.05) is 19.3 Å². The molecule has 0 radical (unpaired) electrons. The number of halogens is 3. The third kappa shape index (κ3) is 3.89. The molecule has 1 saturated carbocycles. The number of benzene rings is 1. The van der Waals surface area contributed by atoms with Crippen molar-refractivity contribution in [1.29, 1.82) is 0 Å². The summed E-state index contributed by atoms with van der Waals surface area (Å²) < 4.78 is 26.6. The maximum absolute atomic E-state index is 13.5. The summed E-state index contributed by atoms with van der Waals surface area (Å²) in [5.74, 6) is -1.49. The predicted molar refractivity (Wildman–Crippen MR) is 73.1 cm³/mol. The smallest absolute Gasteiger partial charge is 0.319 e. The van der Waals surface area contributed by atoms with Crippen LogP contribution in [0.4, 0.5) is 19.3 Å². The lowest BCUT2D eigenvalue weighted by atomic mass is 9.96. The summed E-state index contributed by atoms with van der Waals surface area (Å²) >= 11 is 3.03. The van der Waals surface area contributed by atoms with Gasteiger partial charge >= 0.3 is 6.03 Å². The van der Waals surface area contributed by atoms with Gasteiger partial charge in [0, 0.05) is 16.6 Å². The molecule has 1 aromatic rings. The fourth-order valence-electron chi connectivity index (χ4n) is 2.24. The SMILES string of the molecule is O=C(Nc1c(F)cc(F)cc1Br)NC1CCCCC1. The van der Waals surface area contributed by atoms with Crippen LogP contribution in [0.1, 0.15) is 32.1 Å². The minimum Gasteiger partial charge on any atom is -0.335 e. The molecule has 104 valence electrons.